The highest BCUT2D eigenvalue weighted by Crippen LogP contribution is 2.21. The summed E-state index contributed by atoms with van der Waals surface area (Å²) >= 11 is 0. The van der Waals surface area contributed by atoms with Gasteiger partial charge in [0.15, 0.2) is 0 Å². The number of rotatable bonds is 6. The van der Waals surface area contributed by atoms with E-state index in [1.807, 2.05) is 6.92 Å². The van der Waals surface area contributed by atoms with Crippen LogP contribution in [0.2, 0.25) is 0 Å². The molecule has 1 atom stereocenters. The average molecular weight is 240 g/mol. The first-order chi connectivity index (χ1) is 8.04. The predicted octanol–water partition coefficient (Wildman–Crippen LogP) is 3.34. The van der Waals surface area contributed by atoms with E-state index in [9.17, 15) is 9.18 Å². The summed E-state index contributed by atoms with van der Waals surface area (Å²) in [6, 6.07) is 3.53. The topological polar surface area (TPSA) is 46.5 Å². The van der Waals surface area contributed by atoms with Crippen molar-refractivity contribution in [1.29, 1.82) is 0 Å². The van der Waals surface area contributed by atoms with Gasteiger partial charge in [-0.1, -0.05) is 20.3 Å². The van der Waals surface area contributed by atoms with E-state index in [2.05, 4.69) is 6.92 Å². The molecule has 0 heterocycles. The summed E-state index contributed by atoms with van der Waals surface area (Å²) in [6.07, 6.45) is 2.07. The molecule has 0 fully saturated rings. The second-order valence-electron chi connectivity index (χ2n) is 4.15. The van der Waals surface area contributed by atoms with Crippen LogP contribution in [-0.4, -0.2) is 17.7 Å². The van der Waals surface area contributed by atoms with Crippen molar-refractivity contribution in [3.8, 4) is 5.75 Å². The minimum Gasteiger partial charge on any atom is -0.492 e. The Kier molecular flexibility index (Phi) is 4.94. The molecule has 1 aromatic carbocycles. The van der Waals surface area contributed by atoms with Gasteiger partial charge in [0, 0.05) is 0 Å². The molecule has 1 N–H and O–H groups in total. The van der Waals surface area contributed by atoms with E-state index < -0.39 is 11.8 Å². The molecular formula is C13H17FO3. The van der Waals surface area contributed by atoms with Crippen LogP contribution in [0.25, 0.3) is 0 Å². The molecule has 0 amide bonds. The number of aromatic carboxylic acids is 1. The van der Waals surface area contributed by atoms with Crippen LogP contribution in [0, 0.1) is 11.7 Å². The Morgan fingerprint density at radius 3 is 2.82 bits per heavy atom. The summed E-state index contributed by atoms with van der Waals surface area (Å²) in [6.45, 7) is 4.56. The molecule has 1 unspecified atom stereocenters. The number of carbonyl (C=O) groups is 1. The van der Waals surface area contributed by atoms with Gasteiger partial charge in [0.1, 0.15) is 17.1 Å². The van der Waals surface area contributed by atoms with Crippen LogP contribution in [0.5, 0.6) is 5.75 Å². The zero-order chi connectivity index (χ0) is 12.8. The molecular weight excluding hydrogens is 223 g/mol. The van der Waals surface area contributed by atoms with Gasteiger partial charge in [-0.25, -0.2) is 9.18 Å². The summed E-state index contributed by atoms with van der Waals surface area (Å²) < 4.78 is 18.3. The van der Waals surface area contributed by atoms with Gasteiger partial charge in [-0.05, 0) is 30.5 Å². The van der Waals surface area contributed by atoms with Crippen molar-refractivity contribution in [3.05, 3.63) is 29.6 Å². The lowest BCUT2D eigenvalue weighted by atomic mass is 10.1. The van der Waals surface area contributed by atoms with Crippen LogP contribution in [0.1, 0.15) is 37.0 Å². The van der Waals surface area contributed by atoms with E-state index in [0.29, 0.717) is 12.5 Å². The third-order valence-corrected chi connectivity index (χ3v) is 2.48. The molecule has 4 heteroatoms. The first-order valence-electron chi connectivity index (χ1n) is 5.70. The van der Waals surface area contributed by atoms with Crippen LogP contribution in [0.3, 0.4) is 0 Å². The molecule has 0 radical (unpaired) electrons. The maximum Gasteiger partial charge on any atom is 0.339 e. The molecule has 17 heavy (non-hydrogen) atoms. The smallest absolute Gasteiger partial charge is 0.339 e. The van der Waals surface area contributed by atoms with Crippen LogP contribution in [0.4, 0.5) is 4.39 Å². The van der Waals surface area contributed by atoms with Crippen molar-refractivity contribution in [1.82, 2.24) is 0 Å². The molecule has 0 saturated carbocycles. The average Bonchev–Trinajstić information content (AvgIpc) is 2.27. The van der Waals surface area contributed by atoms with E-state index in [-0.39, 0.29) is 11.3 Å². The number of ether oxygens (including phenoxy) is 1. The van der Waals surface area contributed by atoms with Crippen LogP contribution < -0.4 is 4.74 Å². The van der Waals surface area contributed by atoms with Crippen molar-refractivity contribution in [2.75, 3.05) is 6.61 Å². The molecule has 1 rings (SSSR count). The minimum atomic E-state index is -1.18. The molecule has 1 aromatic rings. The van der Waals surface area contributed by atoms with Gasteiger partial charge in [0.25, 0.3) is 0 Å². The summed E-state index contributed by atoms with van der Waals surface area (Å²) in [5, 5.41) is 8.91. The maximum atomic E-state index is 12.9. The Bertz CT molecular complexity index is 390. The standard InChI is InChI=1S/C13H17FO3/c1-3-4-9(2)8-17-12-6-5-10(14)7-11(12)13(15)16/h5-7,9H,3-4,8H2,1-2H3,(H,15,16). The highest BCUT2D eigenvalue weighted by Gasteiger charge is 2.13. The van der Waals surface area contributed by atoms with Crippen LogP contribution >= 0.6 is 0 Å². The molecule has 0 aliphatic carbocycles. The Morgan fingerprint density at radius 1 is 1.53 bits per heavy atom. The number of benzene rings is 1. The summed E-state index contributed by atoms with van der Waals surface area (Å²) in [5.41, 5.74) is -0.131. The van der Waals surface area contributed by atoms with Crippen LogP contribution in [-0.2, 0) is 0 Å². The van der Waals surface area contributed by atoms with Crippen molar-refractivity contribution in [2.45, 2.75) is 26.7 Å². The maximum absolute atomic E-state index is 12.9. The van der Waals surface area contributed by atoms with E-state index in [1.165, 1.54) is 12.1 Å². The fourth-order valence-electron chi connectivity index (χ4n) is 1.60. The highest BCUT2D eigenvalue weighted by molar-refractivity contribution is 5.90. The molecule has 94 valence electrons. The van der Waals surface area contributed by atoms with Gasteiger partial charge < -0.3 is 9.84 Å². The van der Waals surface area contributed by atoms with Crippen LogP contribution in [0.15, 0.2) is 18.2 Å². The van der Waals surface area contributed by atoms with Gasteiger partial charge in [-0.3, -0.25) is 0 Å². The fraction of sp³-hybridized carbons (Fsp3) is 0.462. The SMILES string of the molecule is CCCC(C)COc1ccc(F)cc1C(=O)O. The lowest BCUT2D eigenvalue weighted by Gasteiger charge is -2.13. The number of halogens is 1. The monoisotopic (exact) mass is 240 g/mol. The summed E-state index contributed by atoms with van der Waals surface area (Å²) in [7, 11) is 0. The Hall–Kier alpha value is -1.58. The minimum absolute atomic E-state index is 0.131. The highest BCUT2D eigenvalue weighted by atomic mass is 19.1. The third-order valence-electron chi connectivity index (χ3n) is 2.48. The molecule has 0 saturated heterocycles. The van der Waals surface area contributed by atoms with Crippen molar-refractivity contribution in [3.63, 3.8) is 0 Å². The van der Waals surface area contributed by atoms with E-state index in [1.54, 1.807) is 0 Å². The van der Waals surface area contributed by atoms with Gasteiger partial charge in [0.05, 0.1) is 6.61 Å². The van der Waals surface area contributed by atoms with Gasteiger partial charge >= 0.3 is 5.97 Å². The van der Waals surface area contributed by atoms with E-state index in [0.717, 1.165) is 18.9 Å². The van der Waals surface area contributed by atoms with Crippen molar-refractivity contribution in [2.24, 2.45) is 5.92 Å². The second-order valence-corrected chi connectivity index (χ2v) is 4.15. The second kappa shape index (κ2) is 6.23. The zero-order valence-electron chi connectivity index (χ0n) is 10.1. The van der Waals surface area contributed by atoms with Crippen molar-refractivity contribution < 1.29 is 19.0 Å². The molecule has 0 aromatic heterocycles. The Morgan fingerprint density at radius 2 is 2.24 bits per heavy atom. The molecule has 0 aliphatic rings. The molecule has 3 nitrogen and oxygen atoms in total. The van der Waals surface area contributed by atoms with Gasteiger partial charge in [-0.2, -0.15) is 0 Å². The number of carboxylic acids is 1. The van der Waals surface area contributed by atoms with Gasteiger partial charge in [-0.15, -0.1) is 0 Å². The molecule has 0 spiro atoms. The number of carboxylic acid groups (broad SMARTS) is 1. The summed E-state index contributed by atoms with van der Waals surface area (Å²) in [4.78, 5) is 10.9. The predicted molar refractivity (Wildman–Crippen MR) is 62.9 cm³/mol. The fourth-order valence-corrected chi connectivity index (χ4v) is 1.60. The first kappa shape index (κ1) is 13.5. The lowest BCUT2D eigenvalue weighted by molar-refractivity contribution is 0.0690. The largest absolute Gasteiger partial charge is 0.492 e. The lowest BCUT2D eigenvalue weighted by Crippen LogP contribution is -2.11. The quantitative estimate of drug-likeness (QED) is 0.829. The normalized spacial score (nSPS) is 12.2. The third kappa shape index (κ3) is 4.06. The Balaban J connectivity index is 2.73. The van der Waals surface area contributed by atoms with E-state index in [4.69, 9.17) is 9.84 Å². The summed E-state index contributed by atoms with van der Waals surface area (Å²) in [5.74, 6) is -1.17. The zero-order valence-corrected chi connectivity index (χ0v) is 10.1. The number of hydrogen-bond acceptors (Lipinski definition) is 2. The first-order valence-corrected chi connectivity index (χ1v) is 5.70. The van der Waals surface area contributed by atoms with E-state index >= 15 is 0 Å². The molecule has 0 aliphatic heterocycles. The van der Waals surface area contributed by atoms with Crippen molar-refractivity contribution >= 4 is 5.97 Å². The molecule has 0 bridgehead atoms. The Labute approximate surface area is 100 Å². The van der Waals surface area contributed by atoms with Gasteiger partial charge in [0.2, 0.25) is 0 Å². The number of hydrogen-bond donors (Lipinski definition) is 1.